The first-order valence-electron chi connectivity index (χ1n) is 8.97. The number of amides is 2. The molecule has 2 amide bonds. The van der Waals surface area contributed by atoms with Gasteiger partial charge in [-0.1, -0.05) is 19.9 Å². The van der Waals surface area contributed by atoms with Crippen molar-refractivity contribution in [1.82, 2.24) is 10.9 Å². The van der Waals surface area contributed by atoms with Crippen molar-refractivity contribution in [3.05, 3.63) is 57.6 Å². The van der Waals surface area contributed by atoms with Gasteiger partial charge in [0, 0.05) is 5.56 Å². The van der Waals surface area contributed by atoms with E-state index in [4.69, 9.17) is 9.47 Å². The highest BCUT2D eigenvalue weighted by Gasteiger charge is 2.11. The fourth-order valence-electron chi connectivity index (χ4n) is 2.42. The standard InChI is InChI=1S/C21H25BrN2O4/c1-13(2)11-28-19-6-5-16(10-18(19)22)21(26)24-23-20(25)12-27-17-8-14(3)7-15(4)9-17/h5-10,13H,11-12H2,1-4H3,(H,23,25)(H,24,26). The Morgan fingerprint density at radius 3 is 2.29 bits per heavy atom. The summed E-state index contributed by atoms with van der Waals surface area (Å²) in [6.07, 6.45) is 0. The van der Waals surface area contributed by atoms with Crippen LogP contribution in [0.15, 0.2) is 40.9 Å². The second-order valence-electron chi connectivity index (χ2n) is 6.96. The van der Waals surface area contributed by atoms with Gasteiger partial charge in [0.15, 0.2) is 6.61 Å². The van der Waals surface area contributed by atoms with E-state index in [2.05, 4.69) is 40.6 Å². The molecule has 0 aliphatic rings. The summed E-state index contributed by atoms with van der Waals surface area (Å²) >= 11 is 3.40. The summed E-state index contributed by atoms with van der Waals surface area (Å²) in [5.74, 6) is 0.784. The molecule has 0 aromatic heterocycles. The smallest absolute Gasteiger partial charge is 0.276 e. The van der Waals surface area contributed by atoms with E-state index in [1.807, 2.05) is 32.0 Å². The van der Waals surface area contributed by atoms with Crippen molar-refractivity contribution in [3.63, 3.8) is 0 Å². The Kier molecular flexibility index (Phi) is 7.87. The number of hydrogen-bond acceptors (Lipinski definition) is 4. The minimum atomic E-state index is -0.455. The molecule has 2 N–H and O–H groups in total. The predicted molar refractivity (Wildman–Crippen MR) is 111 cm³/mol. The number of hydrogen-bond donors (Lipinski definition) is 2. The Balaban J connectivity index is 1.84. The number of benzene rings is 2. The van der Waals surface area contributed by atoms with E-state index in [-0.39, 0.29) is 6.61 Å². The zero-order valence-corrected chi connectivity index (χ0v) is 18.1. The third kappa shape index (κ3) is 6.88. The maximum Gasteiger partial charge on any atom is 0.276 e. The van der Waals surface area contributed by atoms with Crippen molar-refractivity contribution in [3.8, 4) is 11.5 Å². The molecule has 2 rings (SSSR count). The Hall–Kier alpha value is -2.54. The molecule has 0 atom stereocenters. The third-order valence-electron chi connectivity index (χ3n) is 3.65. The van der Waals surface area contributed by atoms with Crippen LogP contribution in [0.25, 0.3) is 0 Å². The molecule has 0 unspecified atom stereocenters. The highest BCUT2D eigenvalue weighted by atomic mass is 79.9. The van der Waals surface area contributed by atoms with Crippen LogP contribution in [0.2, 0.25) is 0 Å². The molecular formula is C21H25BrN2O4. The summed E-state index contributed by atoms with van der Waals surface area (Å²) in [6.45, 7) is 8.41. The highest BCUT2D eigenvalue weighted by molar-refractivity contribution is 9.10. The van der Waals surface area contributed by atoms with Crippen LogP contribution in [0.4, 0.5) is 0 Å². The van der Waals surface area contributed by atoms with Gasteiger partial charge in [0.25, 0.3) is 11.8 Å². The summed E-state index contributed by atoms with van der Waals surface area (Å²) in [6, 6.07) is 10.7. The fourth-order valence-corrected chi connectivity index (χ4v) is 2.91. The minimum absolute atomic E-state index is 0.200. The van der Waals surface area contributed by atoms with Gasteiger partial charge in [-0.15, -0.1) is 0 Å². The lowest BCUT2D eigenvalue weighted by Gasteiger charge is -2.12. The zero-order chi connectivity index (χ0) is 20.7. The van der Waals surface area contributed by atoms with Gasteiger partial charge < -0.3 is 9.47 Å². The number of rotatable bonds is 7. The molecule has 0 radical (unpaired) electrons. The SMILES string of the molecule is Cc1cc(C)cc(OCC(=O)NNC(=O)c2ccc(OCC(C)C)c(Br)c2)c1. The molecule has 0 heterocycles. The van der Waals surface area contributed by atoms with Gasteiger partial charge in [-0.2, -0.15) is 0 Å². The molecule has 150 valence electrons. The molecule has 2 aromatic carbocycles. The first-order valence-corrected chi connectivity index (χ1v) is 9.76. The van der Waals surface area contributed by atoms with Crippen LogP contribution in [-0.2, 0) is 4.79 Å². The Labute approximate surface area is 173 Å². The van der Waals surface area contributed by atoms with Crippen LogP contribution in [0.5, 0.6) is 11.5 Å². The topological polar surface area (TPSA) is 76.7 Å². The molecule has 2 aromatic rings. The fraction of sp³-hybridized carbons (Fsp3) is 0.333. The van der Waals surface area contributed by atoms with E-state index in [1.165, 1.54) is 0 Å². The quantitative estimate of drug-likeness (QED) is 0.628. The summed E-state index contributed by atoms with van der Waals surface area (Å²) in [7, 11) is 0. The summed E-state index contributed by atoms with van der Waals surface area (Å²) < 4.78 is 11.8. The molecule has 0 saturated carbocycles. The van der Waals surface area contributed by atoms with E-state index in [9.17, 15) is 9.59 Å². The van der Waals surface area contributed by atoms with Gasteiger partial charge in [0.1, 0.15) is 11.5 Å². The average Bonchev–Trinajstić information content (AvgIpc) is 2.62. The first kappa shape index (κ1) is 21.8. The largest absolute Gasteiger partial charge is 0.492 e. The van der Waals surface area contributed by atoms with Gasteiger partial charge in [0.2, 0.25) is 0 Å². The molecule has 0 fully saturated rings. The van der Waals surface area contributed by atoms with Crippen LogP contribution in [0, 0.1) is 19.8 Å². The predicted octanol–water partition coefficient (Wildman–Crippen LogP) is 3.94. The maximum atomic E-state index is 12.2. The van der Waals surface area contributed by atoms with E-state index < -0.39 is 11.8 Å². The van der Waals surface area contributed by atoms with E-state index in [1.54, 1.807) is 18.2 Å². The van der Waals surface area contributed by atoms with E-state index >= 15 is 0 Å². The summed E-state index contributed by atoms with van der Waals surface area (Å²) in [4.78, 5) is 24.1. The Morgan fingerprint density at radius 1 is 1.00 bits per heavy atom. The van der Waals surface area contributed by atoms with Crippen molar-refractivity contribution in [1.29, 1.82) is 0 Å². The van der Waals surface area contributed by atoms with Crippen LogP contribution < -0.4 is 20.3 Å². The molecule has 0 aliphatic heterocycles. The third-order valence-corrected chi connectivity index (χ3v) is 4.27. The minimum Gasteiger partial charge on any atom is -0.492 e. The van der Waals surface area contributed by atoms with Crippen molar-refractivity contribution in [2.45, 2.75) is 27.7 Å². The lowest BCUT2D eigenvalue weighted by Crippen LogP contribution is -2.43. The van der Waals surface area contributed by atoms with Crippen LogP contribution in [0.1, 0.15) is 35.3 Å². The average molecular weight is 449 g/mol. The lowest BCUT2D eigenvalue weighted by atomic mass is 10.1. The Morgan fingerprint density at radius 2 is 1.68 bits per heavy atom. The summed E-state index contributed by atoms with van der Waals surface area (Å²) in [5.41, 5.74) is 7.21. The summed E-state index contributed by atoms with van der Waals surface area (Å²) in [5, 5.41) is 0. The molecule has 0 spiro atoms. The molecule has 0 bridgehead atoms. The number of nitrogens with one attached hydrogen (secondary N) is 2. The van der Waals surface area contributed by atoms with Crippen LogP contribution in [0.3, 0.4) is 0 Å². The van der Waals surface area contributed by atoms with Crippen molar-refractivity contribution >= 4 is 27.7 Å². The number of ether oxygens (including phenoxy) is 2. The monoisotopic (exact) mass is 448 g/mol. The van der Waals surface area contributed by atoms with Crippen LogP contribution in [-0.4, -0.2) is 25.0 Å². The first-order chi connectivity index (χ1) is 13.2. The molecule has 7 heteroatoms. The van der Waals surface area contributed by atoms with Gasteiger partial charge in [-0.05, 0) is 77.2 Å². The molecule has 0 saturated heterocycles. The van der Waals surface area contributed by atoms with Crippen molar-refractivity contribution < 1.29 is 19.1 Å². The molecule has 28 heavy (non-hydrogen) atoms. The van der Waals surface area contributed by atoms with Gasteiger partial charge in [0.05, 0.1) is 11.1 Å². The van der Waals surface area contributed by atoms with E-state index in [0.29, 0.717) is 34.1 Å². The van der Waals surface area contributed by atoms with E-state index in [0.717, 1.165) is 11.1 Å². The highest BCUT2D eigenvalue weighted by Crippen LogP contribution is 2.26. The van der Waals surface area contributed by atoms with Crippen LogP contribution >= 0.6 is 15.9 Å². The second-order valence-corrected chi connectivity index (χ2v) is 7.82. The van der Waals surface area contributed by atoms with Gasteiger partial charge in [-0.25, -0.2) is 0 Å². The number of carbonyl (C=O) groups excluding carboxylic acids is 2. The van der Waals surface area contributed by atoms with Gasteiger partial charge in [-0.3, -0.25) is 20.4 Å². The molecule has 6 nitrogen and oxygen atoms in total. The maximum absolute atomic E-state index is 12.2. The van der Waals surface area contributed by atoms with Gasteiger partial charge >= 0.3 is 0 Å². The lowest BCUT2D eigenvalue weighted by molar-refractivity contribution is -0.123. The molecular weight excluding hydrogens is 424 g/mol. The second kappa shape index (κ2) is 10.1. The molecule has 0 aliphatic carbocycles. The van der Waals surface area contributed by atoms with Crippen molar-refractivity contribution in [2.24, 2.45) is 5.92 Å². The number of hydrazine groups is 1. The number of aryl methyl sites for hydroxylation is 2. The number of carbonyl (C=O) groups is 2. The number of halogens is 1. The Bertz CT molecular complexity index is 832. The zero-order valence-electron chi connectivity index (χ0n) is 16.5. The van der Waals surface area contributed by atoms with Crippen molar-refractivity contribution in [2.75, 3.05) is 13.2 Å². The normalized spacial score (nSPS) is 10.5.